The summed E-state index contributed by atoms with van der Waals surface area (Å²) in [4.78, 5) is 24.9. The van der Waals surface area contributed by atoms with Gasteiger partial charge in [0.1, 0.15) is 6.26 Å². The third-order valence-corrected chi connectivity index (χ3v) is 5.53. The number of nitrogens with one attached hydrogen (secondary N) is 2. The first-order valence-corrected chi connectivity index (χ1v) is 9.14. The van der Waals surface area contributed by atoms with Crippen molar-refractivity contribution >= 4 is 11.8 Å². The Hall–Kier alpha value is -1.78. The van der Waals surface area contributed by atoms with Crippen molar-refractivity contribution < 1.29 is 14.0 Å². The van der Waals surface area contributed by atoms with Crippen molar-refractivity contribution in [3.8, 4) is 0 Å². The van der Waals surface area contributed by atoms with Crippen LogP contribution in [0, 0.1) is 11.8 Å². The van der Waals surface area contributed by atoms with E-state index in [9.17, 15) is 9.59 Å². The number of carbonyl (C=O) groups is 2. The molecule has 0 aliphatic heterocycles. The molecule has 5 nitrogen and oxygen atoms in total. The van der Waals surface area contributed by atoms with Crippen LogP contribution < -0.4 is 10.6 Å². The number of rotatable bonds is 7. The molecule has 2 N–H and O–H groups in total. The molecule has 1 aliphatic carbocycles. The summed E-state index contributed by atoms with van der Waals surface area (Å²) in [7, 11) is 0. The van der Waals surface area contributed by atoms with E-state index in [-0.39, 0.29) is 23.3 Å². The van der Waals surface area contributed by atoms with Gasteiger partial charge in [-0.1, -0.05) is 33.6 Å². The van der Waals surface area contributed by atoms with Crippen molar-refractivity contribution in [1.29, 1.82) is 0 Å². The smallest absolute Gasteiger partial charge is 0.255 e. The van der Waals surface area contributed by atoms with Crippen molar-refractivity contribution in [2.75, 3.05) is 6.54 Å². The van der Waals surface area contributed by atoms with Crippen LogP contribution in [0.3, 0.4) is 0 Å². The van der Waals surface area contributed by atoms with Gasteiger partial charge < -0.3 is 15.1 Å². The minimum absolute atomic E-state index is 0.0468. The lowest BCUT2D eigenvalue weighted by atomic mass is 9.73. The van der Waals surface area contributed by atoms with Gasteiger partial charge in [0.25, 0.3) is 5.91 Å². The summed E-state index contributed by atoms with van der Waals surface area (Å²) in [6, 6.07) is 1.67. The van der Waals surface area contributed by atoms with Gasteiger partial charge in [-0.3, -0.25) is 9.59 Å². The summed E-state index contributed by atoms with van der Waals surface area (Å²) >= 11 is 0. The molecule has 1 fully saturated rings. The fraction of sp³-hybridized carbons (Fsp3) is 0.684. The molecule has 0 aromatic carbocycles. The van der Waals surface area contributed by atoms with Crippen LogP contribution in [-0.2, 0) is 4.79 Å². The summed E-state index contributed by atoms with van der Waals surface area (Å²) in [6.07, 6.45) is 8.83. The topological polar surface area (TPSA) is 71.3 Å². The summed E-state index contributed by atoms with van der Waals surface area (Å²) in [5, 5.41) is 6.30. The van der Waals surface area contributed by atoms with Crippen LogP contribution in [0.4, 0.5) is 0 Å². The van der Waals surface area contributed by atoms with Gasteiger partial charge in [0.15, 0.2) is 0 Å². The minimum Gasteiger partial charge on any atom is -0.472 e. The fourth-order valence-electron chi connectivity index (χ4n) is 3.65. The average molecular weight is 334 g/mol. The lowest BCUT2D eigenvalue weighted by molar-refractivity contribution is -0.125. The molecule has 1 aromatic heterocycles. The Labute approximate surface area is 144 Å². The molecule has 5 heteroatoms. The quantitative estimate of drug-likeness (QED) is 0.801. The van der Waals surface area contributed by atoms with Crippen LogP contribution in [0.15, 0.2) is 23.0 Å². The average Bonchev–Trinajstić information content (AvgIpc) is 3.11. The molecule has 0 spiro atoms. The lowest BCUT2D eigenvalue weighted by Crippen LogP contribution is -2.61. The minimum atomic E-state index is -0.381. The number of furan rings is 1. The number of hydrogen-bond donors (Lipinski definition) is 2. The van der Waals surface area contributed by atoms with E-state index in [0.717, 1.165) is 32.1 Å². The summed E-state index contributed by atoms with van der Waals surface area (Å²) in [5.74, 6) is 0.332. The first-order chi connectivity index (χ1) is 11.5. The highest BCUT2D eigenvalue weighted by molar-refractivity contribution is 5.94. The van der Waals surface area contributed by atoms with Crippen LogP contribution >= 0.6 is 0 Å². The van der Waals surface area contributed by atoms with Gasteiger partial charge in [-0.05, 0) is 37.7 Å². The molecule has 2 atom stereocenters. The van der Waals surface area contributed by atoms with Crippen LogP contribution in [0.2, 0.25) is 0 Å². The van der Waals surface area contributed by atoms with E-state index in [1.165, 1.54) is 18.9 Å². The molecule has 134 valence electrons. The van der Waals surface area contributed by atoms with E-state index in [1.54, 1.807) is 6.07 Å². The third-order valence-electron chi connectivity index (χ3n) is 5.53. The van der Waals surface area contributed by atoms with Gasteiger partial charge in [0, 0.05) is 12.5 Å². The SMILES string of the molecule is CCC(CC)C(=O)NCC1(NC(=O)c2ccoc2)CCCCC1C. The van der Waals surface area contributed by atoms with Crippen LogP contribution in [-0.4, -0.2) is 23.9 Å². The predicted octanol–water partition coefficient (Wildman–Crippen LogP) is 3.51. The van der Waals surface area contributed by atoms with Gasteiger partial charge in [0.2, 0.25) is 5.91 Å². The highest BCUT2D eigenvalue weighted by atomic mass is 16.3. The van der Waals surface area contributed by atoms with Crippen molar-refractivity contribution in [3.63, 3.8) is 0 Å². The second-order valence-electron chi connectivity index (χ2n) is 7.00. The van der Waals surface area contributed by atoms with Crippen molar-refractivity contribution in [2.24, 2.45) is 11.8 Å². The standard InChI is InChI=1S/C19H30N2O3/c1-4-15(5-2)17(22)20-13-19(10-7-6-8-14(19)3)21-18(23)16-9-11-24-12-16/h9,11-12,14-15H,4-8,10,13H2,1-3H3,(H,20,22)(H,21,23). The van der Waals surface area contributed by atoms with E-state index in [4.69, 9.17) is 4.42 Å². The Bertz CT molecular complexity index is 537. The molecule has 1 aliphatic rings. The molecule has 2 amide bonds. The van der Waals surface area contributed by atoms with E-state index in [0.29, 0.717) is 18.0 Å². The Morgan fingerprint density at radius 1 is 1.33 bits per heavy atom. The Kier molecular flexibility index (Phi) is 6.46. The zero-order chi connectivity index (χ0) is 17.6. The molecule has 24 heavy (non-hydrogen) atoms. The lowest BCUT2D eigenvalue weighted by Gasteiger charge is -2.43. The maximum atomic E-state index is 12.5. The molecular weight excluding hydrogens is 304 g/mol. The molecule has 1 aromatic rings. The zero-order valence-corrected chi connectivity index (χ0v) is 15.1. The second kappa shape index (κ2) is 8.36. The second-order valence-corrected chi connectivity index (χ2v) is 7.00. The summed E-state index contributed by atoms with van der Waals surface area (Å²) in [6.45, 7) is 6.73. The molecule has 1 saturated carbocycles. The Morgan fingerprint density at radius 2 is 2.08 bits per heavy atom. The van der Waals surface area contributed by atoms with E-state index >= 15 is 0 Å². The van der Waals surface area contributed by atoms with E-state index < -0.39 is 0 Å². The Morgan fingerprint density at radius 3 is 2.67 bits per heavy atom. The van der Waals surface area contributed by atoms with Crippen LogP contribution in [0.1, 0.15) is 69.7 Å². The van der Waals surface area contributed by atoms with Gasteiger partial charge in [-0.2, -0.15) is 0 Å². The Balaban J connectivity index is 2.09. The number of carbonyl (C=O) groups excluding carboxylic acids is 2. The maximum Gasteiger partial charge on any atom is 0.255 e. The van der Waals surface area contributed by atoms with Gasteiger partial charge >= 0.3 is 0 Å². The highest BCUT2D eigenvalue weighted by Crippen LogP contribution is 2.33. The third kappa shape index (κ3) is 4.19. The number of amides is 2. The molecule has 0 radical (unpaired) electrons. The summed E-state index contributed by atoms with van der Waals surface area (Å²) in [5.41, 5.74) is 0.146. The molecule has 0 saturated heterocycles. The van der Waals surface area contributed by atoms with E-state index in [1.807, 2.05) is 13.8 Å². The van der Waals surface area contributed by atoms with Gasteiger partial charge in [-0.25, -0.2) is 0 Å². The monoisotopic (exact) mass is 334 g/mol. The predicted molar refractivity (Wildman–Crippen MR) is 93.6 cm³/mol. The first kappa shape index (κ1) is 18.6. The van der Waals surface area contributed by atoms with E-state index in [2.05, 4.69) is 17.6 Å². The normalized spacial score (nSPS) is 23.9. The van der Waals surface area contributed by atoms with Gasteiger partial charge in [-0.15, -0.1) is 0 Å². The van der Waals surface area contributed by atoms with Crippen molar-refractivity contribution in [1.82, 2.24) is 10.6 Å². The molecular formula is C19H30N2O3. The number of hydrogen-bond acceptors (Lipinski definition) is 3. The largest absolute Gasteiger partial charge is 0.472 e. The molecule has 1 heterocycles. The summed E-state index contributed by atoms with van der Waals surface area (Å²) < 4.78 is 5.01. The van der Waals surface area contributed by atoms with Gasteiger partial charge in [0.05, 0.1) is 17.4 Å². The first-order valence-electron chi connectivity index (χ1n) is 9.14. The molecule has 2 rings (SSSR count). The van der Waals surface area contributed by atoms with Crippen LogP contribution in [0.25, 0.3) is 0 Å². The fourth-order valence-corrected chi connectivity index (χ4v) is 3.65. The van der Waals surface area contributed by atoms with Crippen LogP contribution in [0.5, 0.6) is 0 Å². The molecule has 2 unspecified atom stereocenters. The van der Waals surface area contributed by atoms with Crippen molar-refractivity contribution in [2.45, 2.75) is 64.8 Å². The highest BCUT2D eigenvalue weighted by Gasteiger charge is 2.40. The zero-order valence-electron chi connectivity index (χ0n) is 15.1. The maximum absolute atomic E-state index is 12.5. The van der Waals surface area contributed by atoms with Crippen molar-refractivity contribution in [3.05, 3.63) is 24.2 Å². The molecule has 0 bridgehead atoms.